The maximum absolute atomic E-state index is 11.7. The number of esters is 2. The van der Waals surface area contributed by atoms with Crippen LogP contribution in [0, 0.1) is 0 Å². The van der Waals surface area contributed by atoms with E-state index in [1.807, 2.05) is 0 Å². The number of hydrogen-bond donors (Lipinski definition) is 0. The molecular weight excluding hydrogens is 222 g/mol. The molecule has 0 saturated heterocycles. The molecule has 17 heavy (non-hydrogen) atoms. The van der Waals surface area contributed by atoms with Gasteiger partial charge in [-0.2, -0.15) is 0 Å². The van der Waals surface area contributed by atoms with Gasteiger partial charge in [-0.05, 0) is 26.0 Å². The molecule has 0 aliphatic carbocycles. The molecule has 0 amide bonds. The zero-order valence-corrected chi connectivity index (χ0v) is 10.1. The summed E-state index contributed by atoms with van der Waals surface area (Å²) in [6.45, 7) is 4.06. The molecule has 1 atom stereocenters. The van der Waals surface area contributed by atoms with Crippen molar-refractivity contribution in [2.45, 2.75) is 26.3 Å². The Morgan fingerprint density at radius 3 is 2.24 bits per heavy atom. The predicted octanol–water partition coefficient (Wildman–Crippen LogP) is 1.55. The Bertz CT molecular complexity index is 359. The first-order valence-corrected chi connectivity index (χ1v) is 5.63. The van der Waals surface area contributed by atoms with E-state index in [9.17, 15) is 9.59 Å². The van der Waals surface area contributed by atoms with Crippen molar-refractivity contribution in [1.29, 1.82) is 0 Å². The second kappa shape index (κ2) is 6.73. The summed E-state index contributed by atoms with van der Waals surface area (Å²) in [6.07, 6.45) is 3.43. The van der Waals surface area contributed by atoms with Crippen LogP contribution in [-0.2, 0) is 19.1 Å². The van der Waals surface area contributed by atoms with Gasteiger partial charge in [0.1, 0.15) is 6.04 Å². The summed E-state index contributed by atoms with van der Waals surface area (Å²) >= 11 is 0. The molecule has 1 aromatic rings. The van der Waals surface area contributed by atoms with Gasteiger partial charge in [-0.15, -0.1) is 0 Å². The fourth-order valence-electron chi connectivity index (χ4n) is 1.48. The van der Waals surface area contributed by atoms with Crippen molar-refractivity contribution in [3.05, 3.63) is 24.5 Å². The third-order valence-corrected chi connectivity index (χ3v) is 2.21. The molecular formula is C12H17NO4. The van der Waals surface area contributed by atoms with E-state index in [0.717, 1.165) is 0 Å². The van der Waals surface area contributed by atoms with Crippen LogP contribution in [0.2, 0.25) is 0 Å². The normalized spacial score (nSPS) is 11.9. The summed E-state index contributed by atoms with van der Waals surface area (Å²) in [5, 5.41) is 0. The Morgan fingerprint density at radius 1 is 1.12 bits per heavy atom. The molecule has 0 bridgehead atoms. The minimum absolute atomic E-state index is 0.0125. The average Bonchev–Trinajstić information content (AvgIpc) is 2.79. The highest BCUT2D eigenvalue weighted by molar-refractivity contribution is 5.81. The zero-order chi connectivity index (χ0) is 12.7. The van der Waals surface area contributed by atoms with Crippen LogP contribution in [0.25, 0.3) is 0 Å². The molecule has 1 aromatic heterocycles. The highest BCUT2D eigenvalue weighted by atomic mass is 16.5. The van der Waals surface area contributed by atoms with E-state index >= 15 is 0 Å². The fourth-order valence-corrected chi connectivity index (χ4v) is 1.48. The average molecular weight is 239 g/mol. The van der Waals surface area contributed by atoms with Crippen LogP contribution in [-0.4, -0.2) is 29.7 Å². The number of carbonyl (C=O) groups excluding carboxylic acids is 2. The highest BCUT2D eigenvalue weighted by Crippen LogP contribution is 2.15. The minimum atomic E-state index is -0.649. The predicted molar refractivity (Wildman–Crippen MR) is 61.4 cm³/mol. The molecule has 0 spiro atoms. The van der Waals surface area contributed by atoms with Crippen molar-refractivity contribution in [2.24, 2.45) is 0 Å². The molecule has 5 heteroatoms. The van der Waals surface area contributed by atoms with Gasteiger partial charge in [0, 0.05) is 12.4 Å². The molecule has 0 unspecified atom stereocenters. The van der Waals surface area contributed by atoms with E-state index in [-0.39, 0.29) is 6.42 Å². The Morgan fingerprint density at radius 2 is 1.71 bits per heavy atom. The van der Waals surface area contributed by atoms with Gasteiger partial charge in [-0.25, -0.2) is 4.79 Å². The largest absolute Gasteiger partial charge is 0.466 e. The molecule has 1 heterocycles. The minimum Gasteiger partial charge on any atom is -0.466 e. The van der Waals surface area contributed by atoms with Crippen molar-refractivity contribution in [3.63, 3.8) is 0 Å². The van der Waals surface area contributed by atoms with E-state index in [4.69, 9.17) is 9.47 Å². The first-order chi connectivity index (χ1) is 8.19. The highest BCUT2D eigenvalue weighted by Gasteiger charge is 2.24. The van der Waals surface area contributed by atoms with Crippen LogP contribution < -0.4 is 0 Å². The van der Waals surface area contributed by atoms with Gasteiger partial charge in [-0.1, -0.05) is 0 Å². The van der Waals surface area contributed by atoms with E-state index in [1.54, 1.807) is 42.9 Å². The van der Waals surface area contributed by atoms with Gasteiger partial charge in [0.2, 0.25) is 0 Å². The summed E-state index contributed by atoms with van der Waals surface area (Å²) in [5.74, 6) is -0.823. The van der Waals surface area contributed by atoms with Crippen molar-refractivity contribution < 1.29 is 19.1 Å². The molecule has 5 nitrogen and oxygen atoms in total. The van der Waals surface area contributed by atoms with Gasteiger partial charge in [-0.3, -0.25) is 4.79 Å². The Hall–Kier alpha value is -1.78. The molecule has 1 rings (SSSR count). The smallest absolute Gasteiger partial charge is 0.329 e. The molecule has 0 aliphatic rings. The first-order valence-electron chi connectivity index (χ1n) is 5.63. The second-order valence-corrected chi connectivity index (χ2v) is 3.41. The number of carbonyl (C=O) groups is 2. The maximum atomic E-state index is 11.7. The lowest BCUT2D eigenvalue weighted by Crippen LogP contribution is -2.24. The number of hydrogen-bond acceptors (Lipinski definition) is 4. The Labute approximate surface area is 100 Å². The van der Waals surface area contributed by atoms with Gasteiger partial charge >= 0.3 is 11.9 Å². The summed E-state index contributed by atoms with van der Waals surface area (Å²) in [4.78, 5) is 23.1. The molecule has 0 fully saturated rings. The molecule has 0 saturated carbocycles. The quantitative estimate of drug-likeness (QED) is 0.707. The van der Waals surface area contributed by atoms with E-state index in [1.165, 1.54) is 0 Å². The van der Waals surface area contributed by atoms with E-state index in [0.29, 0.717) is 13.2 Å². The summed E-state index contributed by atoms with van der Waals surface area (Å²) < 4.78 is 11.4. The van der Waals surface area contributed by atoms with Gasteiger partial charge in [0.25, 0.3) is 0 Å². The van der Waals surface area contributed by atoms with Crippen LogP contribution in [0.15, 0.2) is 24.5 Å². The second-order valence-electron chi connectivity index (χ2n) is 3.41. The lowest BCUT2D eigenvalue weighted by Gasteiger charge is -2.16. The maximum Gasteiger partial charge on any atom is 0.329 e. The van der Waals surface area contributed by atoms with Crippen molar-refractivity contribution in [3.8, 4) is 0 Å². The third kappa shape index (κ3) is 3.94. The molecule has 94 valence electrons. The molecule has 0 aliphatic heterocycles. The molecule has 0 N–H and O–H groups in total. The number of rotatable bonds is 6. The SMILES string of the molecule is CCOC(=O)C[C@@H](C(=O)OCC)n1cccc1. The van der Waals surface area contributed by atoms with E-state index < -0.39 is 18.0 Å². The lowest BCUT2D eigenvalue weighted by molar-refractivity contribution is -0.153. The Kier molecular flexibility index (Phi) is 5.26. The van der Waals surface area contributed by atoms with Crippen molar-refractivity contribution in [2.75, 3.05) is 13.2 Å². The summed E-state index contributed by atoms with van der Waals surface area (Å²) in [5.41, 5.74) is 0. The fraction of sp³-hybridized carbons (Fsp3) is 0.500. The van der Waals surface area contributed by atoms with Crippen LogP contribution in [0.3, 0.4) is 0 Å². The Balaban J connectivity index is 2.73. The van der Waals surface area contributed by atoms with Crippen LogP contribution in [0.5, 0.6) is 0 Å². The van der Waals surface area contributed by atoms with Crippen LogP contribution >= 0.6 is 0 Å². The van der Waals surface area contributed by atoms with Crippen LogP contribution in [0.1, 0.15) is 26.3 Å². The first kappa shape index (κ1) is 13.3. The van der Waals surface area contributed by atoms with Gasteiger partial charge in [0.15, 0.2) is 0 Å². The number of nitrogens with zero attached hydrogens (tertiary/aromatic N) is 1. The number of aromatic nitrogens is 1. The monoisotopic (exact) mass is 239 g/mol. The van der Waals surface area contributed by atoms with Gasteiger partial charge in [0.05, 0.1) is 19.6 Å². The van der Waals surface area contributed by atoms with E-state index in [2.05, 4.69) is 0 Å². The summed E-state index contributed by atoms with van der Waals surface area (Å²) in [6, 6.07) is 2.93. The van der Waals surface area contributed by atoms with Crippen molar-refractivity contribution in [1.82, 2.24) is 4.57 Å². The topological polar surface area (TPSA) is 57.5 Å². The number of ether oxygens (including phenoxy) is 2. The third-order valence-electron chi connectivity index (χ3n) is 2.21. The van der Waals surface area contributed by atoms with Crippen molar-refractivity contribution >= 4 is 11.9 Å². The lowest BCUT2D eigenvalue weighted by atomic mass is 10.2. The van der Waals surface area contributed by atoms with Gasteiger partial charge < -0.3 is 14.0 Å². The standard InChI is InChI=1S/C12H17NO4/c1-3-16-11(14)9-10(12(15)17-4-2)13-7-5-6-8-13/h5-8,10H,3-4,9H2,1-2H3/t10-/m0/s1. The summed E-state index contributed by atoms with van der Waals surface area (Å²) in [7, 11) is 0. The van der Waals surface area contributed by atoms with Crippen LogP contribution in [0.4, 0.5) is 0 Å². The molecule has 0 radical (unpaired) electrons. The molecule has 0 aromatic carbocycles. The zero-order valence-electron chi connectivity index (χ0n) is 10.1.